The molecule has 0 bridgehead atoms. The van der Waals surface area contributed by atoms with Crippen molar-refractivity contribution in [1.82, 2.24) is 4.98 Å². The molecule has 1 saturated heterocycles. The van der Waals surface area contributed by atoms with E-state index in [4.69, 9.17) is 10.5 Å². The second kappa shape index (κ2) is 6.49. The first-order chi connectivity index (χ1) is 9.22. The predicted octanol–water partition coefficient (Wildman–Crippen LogP) is 0.315. The van der Waals surface area contributed by atoms with E-state index in [-0.39, 0.29) is 35.5 Å². The zero-order valence-corrected chi connectivity index (χ0v) is 10.7. The Hall–Kier alpha value is -1.66. The lowest BCUT2D eigenvalue weighted by Gasteiger charge is -2.28. The van der Waals surface area contributed by atoms with Crippen molar-refractivity contribution in [2.45, 2.75) is 12.8 Å². The van der Waals surface area contributed by atoms with Crippen LogP contribution in [0.3, 0.4) is 0 Å². The molecule has 1 aliphatic heterocycles. The maximum absolute atomic E-state index is 12.2. The molecule has 0 spiro atoms. The molecule has 1 aromatic rings. The van der Waals surface area contributed by atoms with Crippen molar-refractivity contribution < 1.29 is 9.53 Å². The van der Waals surface area contributed by atoms with E-state index >= 15 is 0 Å². The van der Waals surface area contributed by atoms with Crippen molar-refractivity contribution in [2.24, 2.45) is 17.6 Å². The summed E-state index contributed by atoms with van der Waals surface area (Å²) < 4.78 is 5.28. The van der Waals surface area contributed by atoms with Crippen LogP contribution in [0, 0.1) is 11.8 Å². The number of rotatable bonds is 4. The first-order valence-electron chi connectivity index (χ1n) is 6.48. The molecule has 6 heteroatoms. The average Bonchev–Trinajstić information content (AvgIpc) is 2.43. The van der Waals surface area contributed by atoms with Crippen LogP contribution in [0.1, 0.15) is 12.8 Å². The summed E-state index contributed by atoms with van der Waals surface area (Å²) in [6.45, 7) is 1.61. The van der Waals surface area contributed by atoms with Gasteiger partial charge in [-0.15, -0.1) is 0 Å². The maximum atomic E-state index is 12.2. The van der Waals surface area contributed by atoms with Gasteiger partial charge in [0, 0.05) is 26.0 Å². The molecule has 1 amide bonds. The summed E-state index contributed by atoms with van der Waals surface area (Å²) in [4.78, 5) is 26.3. The molecule has 1 unspecified atom stereocenters. The van der Waals surface area contributed by atoms with Crippen LogP contribution < -0.4 is 16.6 Å². The molecule has 0 radical (unpaired) electrons. The minimum absolute atomic E-state index is 0.189. The van der Waals surface area contributed by atoms with E-state index in [0.717, 1.165) is 12.8 Å². The zero-order chi connectivity index (χ0) is 13.7. The van der Waals surface area contributed by atoms with Crippen LogP contribution in [0.2, 0.25) is 0 Å². The average molecular weight is 265 g/mol. The van der Waals surface area contributed by atoms with Gasteiger partial charge in [0.15, 0.2) is 0 Å². The molecule has 0 aliphatic carbocycles. The van der Waals surface area contributed by atoms with Crippen LogP contribution in [0.4, 0.5) is 5.69 Å². The SMILES string of the molecule is NCC(C(=O)Nc1ccc[nH]c1=O)C1CCOCC1. The number of carbonyl (C=O) groups excluding carboxylic acids is 1. The number of anilines is 1. The lowest BCUT2D eigenvalue weighted by molar-refractivity contribution is -0.122. The van der Waals surface area contributed by atoms with E-state index in [1.807, 2.05) is 0 Å². The number of nitrogens with two attached hydrogens (primary N) is 1. The summed E-state index contributed by atoms with van der Waals surface area (Å²) in [7, 11) is 0. The largest absolute Gasteiger partial charge is 0.381 e. The summed E-state index contributed by atoms with van der Waals surface area (Å²) in [6.07, 6.45) is 3.19. The molecule has 2 rings (SSSR count). The minimum Gasteiger partial charge on any atom is -0.381 e. The van der Waals surface area contributed by atoms with Crippen LogP contribution in [0.5, 0.6) is 0 Å². The number of hydrogen-bond acceptors (Lipinski definition) is 4. The Bertz CT molecular complexity index is 480. The van der Waals surface area contributed by atoms with Gasteiger partial charge in [0.1, 0.15) is 5.69 Å². The van der Waals surface area contributed by atoms with Crippen molar-refractivity contribution in [2.75, 3.05) is 25.1 Å². The molecule has 1 fully saturated rings. The van der Waals surface area contributed by atoms with E-state index in [1.165, 1.54) is 6.20 Å². The standard InChI is InChI=1S/C13H19N3O3/c14-8-10(9-3-6-19-7-4-9)12(17)16-11-2-1-5-15-13(11)18/h1-2,5,9-10H,3-4,6-8,14H2,(H,15,18)(H,16,17). The Balaban J connectivity index is 2.04. The zero-order valence-electron chi connectivity index (χ0n) is 10.7. The third-order valence-electron chi connectivity index (χ3n) is 3.50. The molecular formula is C13H19N3O3. The van der Waals surface area contributed by atoms with Crippen LogP contribution in [0.25, 0.3) is 0 Å². The van der Waals surface area contributed by atoms with Gasteiger partial charge in [-0.2, -0.15) is 0 Å². The predicted molar refractivity (Wildman–Crippen MR) is 71.8 cm³/mol. The molecule has 6 nitrogen and oxygen atoms in total. The van der Waals surface area contributed by atoms with Gasteiger partial charge in [0.05, 0.1) is 5.92 Å². The fourth-order valence-electron chi connectivity index (χ4n) is 2.38. The molecule has 4 N–H and O–H groups in total. The number of hydrogen-bond donors (Lipinski definition) is 3. The Morgan fingerprint density at radius 2 is 2.26 bits per heavy atom. The summed E-state index contributed by atoms with van der Waals surface area (Å²) >= 11 is 0. The topological polar surface area (TPSA) is 97.2 Å². The smallest absolute Gasteiger partial charge is 0.271 e. The first kappa shape index (κ1) is 13.8. The molecule has 19 heavy (non-hydrogen) atoms. The van der Waals surface area contributed by atoms with Crippen LogP contribution in [-0.2, 0) is 9.53 Å². The van der Waals surface area contributed by atoms with E-state index in [1.54, 1.807) is 12.1 Å². The molecule has 1 aromatic heterocycles. The van der Waals surface area contributed by atoms with Crippen molar-refractivity contribution in [3.63, 3.8) is 0 Å². The van der Waals surface area contributed by atoms with Gasteiger partial charge in [-0.25, -0.2) is 0 Å². The summed E-state index contributed by atoms with van der Waals surface area (Å²) in [5, 5.41) is 2.66. The third kappa shape index (κ3) is 3.42. The van der Waals surface area contributed by atoms with Gasteiger partial charge in [-0.05, 0) is 30.9 Å². The second-order valence-electron chi connectivity index (χ2n) is 4.69. The first-order valence-corrected chi connectivity index (χ1v) is 6.48. The third-order valence-corrected chi connectivity index (χ3v) is 3.50. The minimum atomic E-state index is -0.307. The van der Waals surface area contributed by atoms with Crippen molar-refractivity contribution >= 4 is 11.6 Å². The number of ether oxygens (including phenoxy) is 1. The van der Waals surface area contributed by atoms with Crippen molar-refractivity contribution in [3.8, 4) is 0 Å². The summed E-state index contributed by atoms with van der Waals surface area (Å²) in [6, 6.07) is 3.25. The normalized spacial score (nSPS) is 17.9. The van der Waals surface area contributed by atoms with E-state index in [0.29, 0.717) is 13.2 Å². The number of nitrogens with one attached hydrogen (secondary N) is 2. The molecule has 2 heterocycles. The number of pyridine rings is 1. The highest BCUT2D eigenvalue weighted by Gasteiger charge is 2.29. The Kier molecular flexibility index (Phi) is 4.70. The van der Waals surface area contributed by atoms with Crippen LogP contribution in [0.15, 0.2) is 23.1 Å². The highest BCUT2D eigenvalue weighted by atomic mass is 16.5. The molecule has 0 aromatic carbocycles. The van der Waals surface area contributed by atoms with E-state index < -0.39 is 0 Å². The second-order valence-corrected chi connectivity index (χ2v) is 4.69. The number of aromatic nitrogens is 1. The van der Waals surface area contributed by atoms with E-state index in [2.05, 4.69) is 10.3 Å². The Labute approximate surface area is 111 Å². The molecule has 0 saturated carbocycles. The van der Waals surface area contributed by atoms with Gasteiger partial charge in [0.2, 0.25) is 5.91 Å². The molecule has 1 atom stereocenters. The quantitative estimate of drug-likeness (QED) is 0.730. The Morgan fingerprint density at radius 1 is 1.53 bits per heavy atom. The number of carbonyl (C=O) groups is 1. The summed E-state index contributed by atoms with van der Waals surface area (Å²) in [5.41, 5.74) is 5.66. The number of aromatic amines is 1. The van der Waals surface area contributed by atoms with Gasteiger partial charge < -0.3 is 20.8 Å². The highest BCUT2D eigenvalue weighted by Crippen LogP contribution is 2.24. The lowest BCUT2D eigenvalue weighted by Crippen LogP contribution is -2.38. The lowest BCUT2D eigenvalue weighted by atomic mass is 9.85. The van der Waals surface area contributed by atoms with Gasteiger partial charge in [-0.3, -0.25) is 9.59 Å². The number of amides is 1. The monoisotopic (exact) mass is 265 g/mol. The Morgan fingerprint density at radius 3 is 2.89 bits per heavy atom. The highest BCUT2D eigenvalue weighted by molar-refractivity contribution is 5.92. The summed E-state index contributed by atoms with van der Waals surface area (Å²) in [5.74, 6) is -0.240. The molecular weight excluding hydrogens is 246 g/mol. The van der Waals surface area contributed by atoms with E-state index in [9.17, 15) is 9.59 Å². The number of H-pyrrole nitrogens is 1. The maximum Gasteiger partial charge on any atom is 0.271 e. The van der Waals surface area contributed by atoms with Crippen LogP contribution >= 0.6 is 0 Å². The van der Waals surface area contributed by atoms with Crippen LogP contribution in [-0.4, -0.2) is 30.6 Å². The van der Waals surface area contributed by atoms with Crippen molar-refractivity contribution in [1.29, 1.82) is 0 Å². The van der Waals surface area contributed by atoms with Gasteiger partial charge >= 0.3 is 0 Å². The van der Waals surface area contributed by atoms with Gasteiger partial charge in [-0.1, -0.05) is 0 Å². The fourth-order valence-corrected chi connectivity index (χ4v) is 2.38. The molecule has 104 valence electrons. The molecule has 1 aliphatic rings. The van der Waals surface area contributed by atoms with Gasteiger partial charge in [0.25, 0.3) is 5.56 Å². The van der Waals surface area contributed by atoms with Crippen molar-refractivity contribution in [3.05, 3.63) is 28.7 Å². The fraction of sp³-hybridized carbons (Fsp3) is 0.538.